The van der Waals surface area contributed by atoms with Crippen LogP contribution >= 0.6 is 0 Å². The molecule has 42 heavy (non-hydrogen) atoms. The van der Waals surface area contributed by atoms with Gasteiger partial charge in [-0.1, -0.05) is 36.4 Å². The van der Waals surface area contributed by atoms with Crippen molar-refractivity contribution < 1.29 is 43.5 Å². The molecule has 2 fully saturated rings. The number of aliphatic hydroxyl groups excluding tert-OH is 3. The number of rotatable bonds is 10. The summed E-state index contributed by atoms with van der Waals surface area (Å²) in [6.07, 6.45) is -4.91. The summed E-state index contributed by atoms with van der Waals surface area (Å²) < 4.78 is 32.5. The first-order chi connectivity index (χ1) is 20.1. The zero-order valence-corrected chi connectivity index (χ0v) is 22.7. The molecule has 2 aliphatic heterocycles. The maximum Gasteiger partial charge on any atom is 0.306 e. The third-order valence-corrected chi connectivity index (χ3v) is 8.16. The zero-order chi connectivity index (χ0) is 30.0. The molecule has 5 rings (SSSR count). The Kier molecular flexibility index (Phi) is 8.98. The van der Waals surface area contributed by atoms with E-state index in [4.69, 9.17) is 9.84 Å². The first-order valence-corrected chi connectivity index (χ1v) is 14.0. The molecule has 2 heterocycles. The highest BCUT2D eigenvalue weighted by atomic mass is 19.1. The van der Waals surface area contributed by atoms with E-state index in [2.05, 4.69) is 0 Å². The van der Waals surface area contributed by atoms with E-state index in [1.54, 1.807) is 29.2 Å². The van der Waals surface area contributed by atoms with E-state index in [-0.39, 0.29) is 30.1 Å². The summed E-state index contributed by atoms with van der Waals surface area (Å²) in [6.45, 7) is 0. The largest absolute Gasteiger partial charge is 0.481 e. The number of aryl methyl sites for hydroxylation is 1. The summed E-state index contributed by atoms with van der Waals surface area (Å²) in [6, 6.07) is 19.1. The van der Waals surface area contributed by atoms with Gasteiger partial charge in [0.2, 0.25) is 5.91 Å². The SMILES string of the molecule is O=C(O)CC1OC(Cc2ccc(C3C(CCCc4ccc(F)cc4)C(=O)N3c3ccc(F)cc3)cc2)C(O)C(O)C1O. The first-order valence-electron chi connectivity index (χ1n) is 14.0. The molecule has 10 heteroatoms. The minimum atomic E-state index is -1.55. The zero-order valence-electron chi connectivity index (χ0n) is 22.7. The van der Waals surface area contributed by atoms with Gasteiger partial charge in [-0.15, -0.1) is 0 Å². The van der Waals surface area contributed by atoms with Crippen LogP contribution in [0.2, 0.25) is 0 Å². The molecule has 0 saturated carbocycles. The average Bonchev–Trinajstić information content (AvgIpc) is 2.97. The highest BCUT2D eigenvalue weighted by Gasteiger charge is 2.48. The number of halogens is 2. The molecular formula is C32H33F2NO7. The maximum atomic E-state index is 13.6. The number of aliphatic carboxylic acids is 1. The van der Waals surface area contributed by atoms with E-state index >= 15 is 0 Å². The molecule has 0 aromatic heterocycles. The van der Waals surface area contributed by atoms with Gasteiger partial charge in [-0.3, -0.25) is 9.59 Å². The van der Waals surface area contributed by atoms with Crippen molar-refractivity contribution in [2.45, 2.75) is 68.7 Å². The molecule has 7 atom stereocenters. The Morgan fingerprint density at radius 3 is 1.98 bits per heavy atom. The standard InChI is InChI=1S/C32H33F2NO7/c33-21-10-6-18(7-11-21)2-1-3-24-28(35(32(24)41)23-14-12-22(34)13-15-23)20-8-4-19(5-9-20)16-25-29(38)31(40)30(39)26(42-25)17-27(36)37/h4-15,24-26,28-31,38-40H,1-3,16-17H2,(H,36,37). The molecule has 3 aromatic rings. The molecule has 7 unspecified atom stereocenters. The molecule has 222 valence electrons. The van der Waals surface area contributed by atoms with Crippen molar-refractivity contribution in [3.8, 4) is 0 Å². The number of nitrogens with zero attached hydrogens (tertiary/aromatic N) is 1. The summed E-state index contributed by atoms with van der Waals surface area (Å²) in [5.74, 6) is -2.27. The van der Waals surface area contributed by atoms with Gasteiger partial charge >= 0.3 is 5.97 Å². The fourth-order valence-electron chi connectivity index (χ4n) is 5.90. The lowest BCUT2D eigenvalue weighted by molar-refractivity contribution is -0.223. The molecule has 2 aliphatic rings. The number of carbonyl (C=O) groups is 2. The highest BCUT2D eigenvalue weighted by molar-refractivity contribution is 6.03. The van der Waals surface area contributed by atoms with Gasteiger partial charge in [0, 0.05) is 12.1 Å². The Morgan fingerprint density at radius 2 is 1.36 bits per heavy atom. The minimum Gasteiger partial charge on any atom is -0.481 e. The predicted octanol–water partition coefficient (Wildman–Crippen LogP) is 3.56. The topological polar surface area (TPSA) is 128 Å². The quantitative estimate of drug-likeness (QED) is 0.270. The third-order valence-electron chi connectivity index (χ3n) is 8.16. The monoisotopic (exact) mass is 581 g/mol. The summed E-state index contributed by atoms with van der Waals surface area (Å²) in [5, 5.41) is 39.9. The molecule has 0 aliphatic carbocycles. The average molecular weight is 582 g/mol. The second kappa shape index (κ2) is 12.7. The van der Waals surface area contributed by atoms with E-state index in [1.165, 1.54) is 24.3 Å². The van der Waals surface area contributed by atoms with Gasteiger partial charge in [0.25, 0.3) is 0 Å². The molecule has 0 spiro atoms. The lowest BCUT2D eigenvalue weighted by atomic mass is 9.78. The third kappa shape index (κ3) is 6.37. The molecular weight excluding hydrogens is 548 g/mol. The number of anilines is 1. The molecule has 3 aromatic carbocycles. The van der Waals surface area contributed by atoms with Crippen LogP contribution in [0.15, 0.2) is 72.8 Å². The molecule has 8 nitrogen and oxygen atoms in total. The Morgan fingerprint density at radius 1 is 0.786 bits per heavy atom. The van der Waals surface area contributed by atoms with Crippen LogP contribution in [-0.2, 0) is 27.2 Å². The second-order valence-electron chi connectivity index (χ2n) is 11.0. The fraction of sp³-hybridized carbons (Fsp3) is 0.375. The smallest absolute Gasteiger partial charge is 0.306 e. The van der Waals surface area contributed by atoms with Crippen molar-refractivity contribution in [3.05, 3.63) is 101 Å². The van der Waals surface area contributed by atoms with Gasteiger partial charge in [0.05, 0.1) is 30.6 Å². The number of carbonyl (C=O) groups excluding carboxylic acids is 1. The van der Waals surface area contributed by atoms with Crippen molar-refractivity contribution in [3.63, 3.8) is 0 Å². The van der Waals surface area contributed by atoms with Crippen LogP contribution in [0, 0.1) is 17.6 Å². The summed E-state index contributed by atoms with van der Waals surface area (Å²) in [5.41, 5.74) is 3.17. The molecule has 0 radical (unpaired) electrons. The maximum absolute atomic E-state index is 13.6. The number of carboxylic acids is 1. The van der Waals surface area contributed by atoms with E-state index < -0.39 is 48.7 Å². The van der Waals surface area contributed by atoms with Crippen molar-refractivity contribution in [2.75, 3.05) is 4.90 Å². The lowest BCUT2D eigenvalue weighted by Gasteiger charge is -2.48. The van der Waals surface area contributed by atoms with Gasteiger partial charge in [-0.05, 0) is 72.4 Å². The molecule has 4 N–H and O–H groups in total. The van der Waals surface area contributed by atoms with Crippen LogP contribution in [-0.4, -0.2) is 62.8 Å². The number of amides is 1. The van der Waals surface area contributed by atoms with Gasteiger partial charge in [-0.2, -0.15) is 0 Å². The number of hydrogen-bond acceptors (Lipinski definition) is 6. The van der Waals surface area contributed by atoms with Gasteiger partial charge in [0.1, 0.15) is 29.9 Å². The van der Waals surface area contributed by atoms with Crippen LogP contribution in [0.25, 0.3) is 0 Å². The molecule has 0 bridgehead atoms. The first kappa shape index (κ1) is 29.8. The van der Waals surface area contributed by atoms with E-state index in [9.17, 15) is 33.7 Å². The van der Waals surface area contributed by atoms with Gasteiger partial charge in [0.15, 0.2) is 0 Å². The highest BCUT2D eigenvalue weighted by Crippen LogP contribution is 2.46. The number of β-lactam (4-membered cyclic amide) rings is 1. The van der Waals surface area contributed by atoms with Crippen molar-refractivity contribution in [1.29, 1.82) is 0 Å². The van der Waals surface area contributed by atoms with Crippen molar-refractivity contribution in [2.24, 2.45) is 5.92 Å². The predicted molar refractivity (Wildman–Crippen MR) is 149 cm³/mol. The molecule has 1 amide bonds. The number of aliphatic hydroxyl groups is 3. The number of hydrogen-bond donors (Lipinski definition) is 4. The normalized spacial score (nSPS) is 27.5. The summed E-state index contributed by atoms with van der Waals surface area (Å²) in [4.78, 5) is 26.1. The minimum absolute atomic E-state index is 0.0643. The van der Waals surface area contributed by atoms with Crippen molar-refractivity contribution >= 4 is 17.6 Å². The Hall–Kier alpha value is -3.70. The van der Waals surface area contributed by atoms with Crippen LogP contribution in [0.3, 0.4) is 0 Å². The van der Waals surface area contributed by atoms with E-state index in [0.717, 1.165) is 23.1 Å². The van der Waals surface area contributed by atoms with Gasteiger partial charge < -0.3 is 30.1 Å². The Bertz CT molecular complexity index is 1380. The van der Waals surface area contributed by atoms with Crippen molar-refractivity contribution in [1.82, 2.24) is 0 Å². The lowest BCUT2D eigenvalue weighted by Crippen LogP contribution is -2.58. The van der Waals surface area contributed by atoms with Gasteiger partial charge in [-0.25, -0.2) is 8.78 Å². The number of carboxylic acid groups (broad SMARTS) is 1. The Balaban J connectivity index is 1.31. The van der Waals surface area contributed by atoms with Crippen LogP contribution in [0.1, 0.15) is 42.0 Å². The molecule has 2 saturated heterocycles. The van der Waals surface area contributed by atoms with Crippen LogP contribution in [0.4, 0.5) is 14.5 Å². The van der Waals surface area contributed by atoms with Crippen LogP contribution < -0.4 is 4.90 Å². The number of benzene rings is 3. The Labute approximate surface area is 241 Å². The number of ether oxygens (including phenoxy) is 1. The fourth-order valence-corrected chi connectivity index (χ4v) is 5.90. The van der Waals surface area contributed by atoms with Crippen LogP contribution in [0.5, 0.6) is 0 Å². The second-order valence-corrected chi connectivity index (χ2v) is 11.0. The summed E-state index contributed by atoms with van der Waals surface area (Å²) >= 11 is 0. The van der Waals surface area contributed by atoms with E-state index in [1.807, 2.05) is 24.3 Å². The summed E-state index contributed by atoms with van der Waals surface area (Å²) in [7, 11) is 0. The van der Waals surface area contributed by atoms with E-state index in [0.29, 0.717) is 18.5 Å².